The van der Waals surface area contributed by atoms with Crippen LogP contribution in [0.25, 0.3) is 11.1 Å². The second kappa shape index (κ2) is 5.58. The third-order valence-corrected chi connectivity index (χ3v) is 5.46. The Bertz CT molecular complexity index is 880. The average Bonchev–Trinajstić information content (AvgIpc) is 2.79. The molecule has 0 saturated carbocycles. The van der Waals surface area contributed by atoms with Gasteiger partial charge in [0.15, 0.2) is 5.58 Å². The van der Waals surface area contributed by atoms with E-state index in [1.807, 2.05) is 0 Å². The van der Waals surface area contributed by atoms with E-state index in [1.54, 1.807) is 6.92 Å². The van der Waals surface area contributed by atoms with Crippen molar-refractivity contribution in [2.45, 2.75) is 31.3 Å². The number of carbonyl (C=O) groups is 1. The number of rotatable bonds is 5. The third kappa shape index (κ3) is 2.53. The van der Waals surface area contributed by atoms with Crippen LogP contribution in [0.1, 0.15) is 13.8 Å². The van der Waals surface area contributed by atoms with E-state index in [1.165, 1.54) is 36.7 Å². The molecule has 0 bridgehead atoms. The van der Waals surface area contributed by atoms with Crippen molar-refractivity contribution in [1.82, 2.24) is 8.87 Å². The Balaban J connectivity index is 2.55. The van der Waals surface area contributed by atoms with E-state index in [-0.39, 0.29) is 10.5 Å². The van der Waals surface area contributed by atoms with E-state index in [0.717, 1.165) is 4.31 Å². The van der Waals surface area contributed by atoms with E-state index < -0.39 is 27.8 Å². The maximum atomic E-state index is 12.4. The van der Waals surface area contributed by atoms with Gasteiger partial charge in [0.05, 0.1) is 10.4 Å². The van der Waals surface area contributed by atoms with Crippen LogP contribution in [-0.2, 0) is 21.4 Å². The normalized spacial score (nSPS) is 13.6. The van der Waals surface area contributed by atoms with Gasteiger partial charge in [0.1, 0.15) is 6.04 Å². The van der Waals surface area contributed by atoms with Gasteiger partial charge in [-0.1, -0.05) is 0 Å². The van der Waals surface area contributed by atoms with E-state index in [2.05, 4.69) is 0 Å². The lowest BCUT2D eigenvalue weighted by molar-refractivity contribution is -0.140. The van der Waals surface area contributed by atoms with Crippen molar-refractivity contribution < 1.29 is 22.7 Å². The van der Waals surface area contributed by atoms with Crippen molar-refractivity contribution >= 4 is 27.1 Å². The molecule has 8 nitrogen and oxygen atoms in total. The Hall–Kier alpha value is -2.13. The summed E-state index contributed by atoms with van der Waals surface area (Å²) in [6.45, 7) is 3.43. The number of sulfonamides is 1. The summed E-state index contributed by atoms with van der Waals surface area (Å²) >= 11 is 0. The molecule has 0 radical (unpaired) electrons. The van der Waals surface area contributed by atoms with E-state index >= 15 is 0 Å². The van der Waals surface area contributed by atoms with Crippen LogP contribution in [-0.4, -0.2) is 41.5 Å². The fraction of sp³-hybridized carbons (Fsp3) is 0.385. The molecular formula is C13H16N2O6S. The highest BCUT2D eigenvalue weighted by atomic mass is 32.2. The smallest absolute Gasteiger partial charge is 0.419 e. The molecule has 1 heterocycles. The summed E-state index contributed by atoms with van der Waals surface area (Å²) < 4.78 is 32.0. The molecule has 0 aliphatic heterocycles. The van der Waals surface area contributed by atoms with Gasteiger partial charge in [0.2, 0.25) is 10.0 Å². The molecule has 120 valence electrons. The SMILES string of the molecule is CCn1c(=O)oc2cc(S(=O)(=O)N(C)C(C)C(=O)O)ccc21. The van der Waals surface area contributed by atoms with Gasteiger partial charge >= 0.3 is 11.7 Å². The van der Waals surface area contributed by atoms with Crippen molar-refractivity contribution in [2.75, 3.05) is 7.05 Å². The first-order valence-corrected chi connectivity index (χ1v) is 7.98. The van der Waals surface area contributed by atoms with Crippen molar-refractivity contribution in [3.8, 4) is 0 Å². The van der Waals surface area contributed by atoms with Crippen LogP contribution in [0.3, 0.4) is 0 Å². The molecule has 0 spiro atoms. The Morgan fingerprint density at radius 2 is 2.09 bits per heavy atom. The molecule has 0 aliphatic rings. The first kappa shape index (κ1) is 16.2. The fourth-order valence-corrected chi connectivity index (χ4v) is 3.37. The van der Waals surface area contributed by atoms with E-state index in [4.69, 9.17) is 9.52 Å². The summed E-state index contributed by atoms with van der Waals surface area (Å²) in [4.78, 5) is 22.4. The maximum absolute atomic E-state index is 12.4. The van der Waals surface area contributed by atoms with Crippen molar-refractivity contribution in [3.63, 3.8) is 0 Å². The summed E-state index contributed by atoms with van der Waals surface area (Å²) in [5.74, 6) is -1.82. The monoisotopic (exact) mass is 328 g/mol. The molecule has 9 heteroatoms. The average molecular weight is 328 g/mol. The number of benzene rings is 1. The first-order chi connectivity index (χ1) is 10.2. The van der Waals surface area contributed by atoms with Gasteiger partial charge in [-0.3, -0.25) is 9.36 Å². The molecule has 1 aromatic carbocycles. The summed E-state index contributed by atoms with van der Waals surface area (Å²) in [7, 11) is -2.82. The van der Waals surface area contributed by atoms with Crippen LogP contribution >= 0.6 is 0 Å². The molecule has 22 heavy (non-hydrogen) atoms. The molecule has 0 amide bonds. The minimum absolute atomic E-state index is 0.132. The zero-order chi connectivity index (χ0) is 16.7. The van der Waals surface area contributed by atoms with Gasteiger partial charge in [-0.2, -0.15) is 4.31 Å². The number of aryl methyl sites for hydroxylation is 1. The number of nitrogens with zero attached hydrogens (tertiary/aromatic N) is 2. The third-order valence-electron chi connectivity index (χ3n) is 3.54. The molecule has 1 N–H and O–H groups in total. The number of aliphatic carboxylic acids is 1. The van der Waals surface area contributed by atoms with Crippen LogP contribution in [0, 0.1) is 0 Å². The molecule has 2 rings (SSSR count). The van der Waals surface area contributed by atoms with Gasteiger partial charge in [0, 0.05) is 19.7 Å². The Labute approximate surface area is 126 Å². The molecule has 1 atom stereocenters. The molecule has 2 aromatic rings. The van der Waals surface area contributed by atoms with Gasteiger partial charge < -0.3 is 9.52 Å². The molecule has 1 unspecified atom stereocenters. The number of likely N-dealkylation sites (N-methyl/N-ethyl adjacent to an activating group) is 1. The predicted molar refractivity (Wildman–Crippen MR) is 78.2 cm³/mol. The number of hydrogen-bond donors (Lipinski definition) is 1. The summed E-state index contributed by atoms with van der Waals surface area (Å²) in [5.41, 5.74) is 0.629. The van der Waals surface area contributed by atoms with Crippen LogP contribution in [0.5, 0.6) is 0 Å². The van der Waals surface area contributed by atoms with Crippen molar-refractivity contribution in [3.05, 3.63) is 28.7 Å². The number of hydrogen-bond acceptors (Lipinski definition) is 5. The van der Waals surface area contributed by atoms with E-state index in [0.29, 0.717) is 12.1 Å². The zero-order valence-electron chi connectivity index (χ0n) is 12.3. The van der Waals surface area contributed by atoms with Gasteiger partial charge in [-0.25, -0.2) is 13.2 Å². The topological polar surface area (TPSA) is 110 Å². The zero-order valence-corrected chi connectivity index (χ0v) is 13.1. The second-order valence-corrected chi connectivity index (χ2v) is 6.77. The number of aromatic nitrogens is 1. The fourth-order valence-electron chi connectivity index (χ4n) is 2.04. The highest BCUT2D eigenvalue weighted by Crippen LogP contribution is 2.22. The minimum atomic E-state index is -4.00. The Morgan fingerprint density at radius 1 is 1.45 bits per heavy atom. The number of fused-ring (bicyclic) bond motifs is 1. The van der Waals surface area contributed by atoms with Gasteiger partial charge in [-0.15, -0.1) is 0 Å². The van der Waals surface area contributed by atoms with E-state index in [9.17, 15) is 18.0 Å². The lowest BCUT2D eigenvalue weighted by Crippen LogP contribution is -2.40. The Morgan fingerprint density at radius 3 is 2.64 bits per heavy atom. The molecule has 1 aromatic heterocycles. The number of carboxylic acid groups (broad SMARTS) is 1. The molecular weight excluding hydrogens is 312 g/mol. The minimum Gasteiger partial charge on any atom is -0.480 e. The second-order valence-electron chi connectivity index (χ2n) is 4.78. The lowest BCUT2D eigenvalue weighted by atomic mass is 10.3. The van der Waals surface area contributed by atoms with Crippen molar-refractivity contribution in [2.24, 2.45) is 0 Å². The largest absolute Gasteiger partial charge is 0.480 e. The summed E-state index contributed by atoms with van der Waals surface area (Å²) in [6.07, 6.45) is 0. The molecule has 0 aliphatic carbocycles. The number of carboxylic acids is 1. The van der Waals surface area contributed by atoms with Crippen LogP contribution in [0.15, 0.2) is 32.3 Å². The van der Waals surface area contributed by atoms with Gasteiger partial charge in [0.25, 0.3) is 0 Å². The first-order valence-electron chi connectivity index (χ1n) is 6.54. The molecule has 0 saturated heterocycles. The predicted octanol–water partition coefficient (Wildman–Crippen LogP) is 0.708. The maximum Gasteiger partial charge on any atom is 0.419 e. The highest BCUT2D eigenvalue weighted by Gasteiger charge is 2.30. The summed E-state index contributed by atoms with van der Waals surface area (Å²) in [5, 5.41) is 8.94. The molecule has 0 fully saturated rings. The van der Waals surface area contributed by atoms with Gasteiger partial charge in [-0.05, 0) is 26.0 Å². The highest BCUT2D eigenvalue weighted by molar-refractivity contribution is 7.89. The Kier molecular flexibility index (Phi) is 4.12. The van der Waals surface area contributed by atoms with Crippen molar-refractivity contribution in [1.29, 1.82) is 0 Å². The van der Waals surface area contributed by atoms with Crippen LogP contribution in [0.2, 0.25) is 0 Å². The van der Waals surface area contributed by atoms with Crippen LogP contribution in [0.4, 0.5) is 0 Å². The number of oxazole rings is 1. The standard InChI is InChI=1S/C13H16N2O6S/c1-4-15-10-6-5-9(7-11(10)21-13(15)18)22(19,20)14(3)8(2)12(16)17/h5-8H,4H2,1-3H3,(H,16,17). The summed E-state index contributed by atoms with van der Waals surface area (Å²) in [6, 6.07) is 2.80. The van der Waals surface area contributed by atoms with Crippen LogP contribution < -0.4 is 5.76 Å². The lowest BCUT2D eigenvalue weighted by Gasteiger charge is -2.20. The quantitative estimate of drug-likeness (QED) is 0.865.